The van der Waals surface area contributed by atoms with Crippen LogP contribution in [0.1, 0.15) is 69.9 Å². The number of pyridine rings is 1. The molecule has 6 nitrogen and oxygen atoms in total. The van der Waals surface area contributed by atoms with E-state index in [2.05, 4.69) is 46.3 Å². The van der Waals surface area contributed by atoms with E-state index in [1.807, 2.05) is 36.8 Å². The highest BCUT2D eigenvalue weighted by atomic mass is 16.1. The molecule has 34 heavy (non-hydrogen) atoms. The highest BCUT2D eigenvalue weighted by Gasteiger charge is 2.37. The average Bonchev–Trinajstić information content (AvgIpc) is 3.43. The first-order valence-corrected chi connectivity index (χ1v) is 12.1. The number of benzene rings is 1. The highest BCUT2D eigenvalue weighted by molar-refractivity contribution is 5.77. The number of fused-ring (bicyclic) bond motifs is 1. The third-order valence-corrected chi connectivity index (χ3v) is 7.07. The van der Waals surface area contributed by atoms with Gasteiger partial charge in [-0.05, 0) is 54.5 Å². The van der Waals surface area contributed by atoms with Gasteiger partial charge in [-0.1, -0.05) is 42.5 Å². The van der Waals surface area contributed by atoms with Gasteiger partial charge in [0.15, 0.2) is 0 Å². The predicted octanol–water partition coefficient (Wildman–Crippen LogP) is 4.83. The molecule has 2 aromatic heterocycles. The number of H-pyrrole nitrogens is 1. The first-order chi connectivity index (χ1) is 16.8. The van der Waals surface area contributed by atoms with Gasteiger partial charge in [0.05, 0.1) is 17.8 Å². The number of carbonyl (C=O) groups is 1. The van der Waals surface area contributed by atoms with Crippen LogP contribution < -0.4 is 5.73 Å². The fourth-order valence-corrected chi connectivity index (χ4v) is 5.41. The van der Waals surface area contributed by atoms with E-state index >= 15 is 0 Å². The molecule has 2 heterocycles. The number of aldehydes is 1. The summed E-state index contributed by atoms with van der Waals surface area (Å²) in [4.78, 5) is 27.5. The van der Waals surface area contributed by atoms with Crippen molar-refractivity contribution in [3.05, 3.63) is 107 Å². The number of imidazole rings is 1. The second kappa shape index (κ2) is 10.3. The molecule has 0 amide bonds. The van der Waals surface area contributed by atoms with E-state index in [0.29, 0.717) is 18.7 Å². The van der Waals surface area contributed by atoms with Crippen LogP contribution in [0.15, 0.2) is 73.2 Å². The van der Waals surface area contributed by atoms with Crippen LogP contribution >= 0.6 is 0 Å². The van der Waals surface area contributed by atoms with Crippen molar-refractivity contribution in [1.82, 2.24) is 19.9 Å². The Hall–Kier alpha value is -3.35. The number of allylic oxidation sites excluding steroid dienone is 3. The van der Waals surface area contributed by atoms with Crippen LogP contribution in [0.2, 0.25) is 0 Å². The predicted molar refractivity (Wildman–Crippen MR) is 133 cm³/mol. The SMILES string of the molecule is NCc1ccc(CN(C2CCCc3cccnc32)C(c2ncc[nH]2)C2C=CC=CC2)c(C=O)c1. The van der Waals surface area contributed by atoms with Crippen LogP contribution in [0.5, 0.6) is 0 Å². The van der Waals surface area contributed by atoms with Crippen LogP contribution in [0.4, 0.5) is 0 Å². The Labute approximate surface area is 200 Å². The van der Waals surface area contributed by atoms with Crippen LogP contribution in [0.3, 0.4) is 0 Å². The number of hydrogen-bond donors (Lipinski definition) is 2. The molecule has 1 aromatic carbocycles. The Morgan fingerprint density at radius 1 is 1.21 bits per heavy atom. The minimum absolute atomic E-state index is 0.0165. The van der Waals surface area contributed by atoms with E-state index in [4.69, 9.17) is 15.7 Å². The van der Waals surface area contributed by atoms with Gasteiger partial charge < -0.3 is 10.7 Å². The minimum atomic E-state index is 0.0165. The number of nitrogens with zero attached hydrogens (tertiary/aromatic N) is 3. The molecule has 6 heteroatoms. The number of aromatic nitrogens is 3. The maximum Gasteiger partial charge on any atom is 0.150 e. The van der Waals surface area contributed by atoms with Crippen molar-refractivity contribution in [2.75, 3.05) is 0 Å². The van der Waals surface area contributed by atoms with Gasteiger partial charge in [0.2, 0.25) is 0 Å². The van der Waals surface area contributed by atoms with Crippen molar-refractivity contribution in [2.45, 2.75) is 50.9 Å². The standard InChI is InChI=1S/C28H31N5O/c29-17-20-11-12-23(24(16-20)19-34)18-33(25-10-4-8-21-9-5-13-30-26(21)25)27(28-31-14-15-32-28)22-6-2-1-3-7-22/h1-3,5-6,9,11-16,19,22,25,27H,4,7-8,10,17-18,29H2,(H,31,32). The summed E-state index contributed by atoms with van der Waals surface area (Å²) in [6.07, 6.45) is 19.4. The molecule has 0 fully saturated rings. The topological polar surface area (TPSA) is 87.9 Å². The van der Waals surface area contributed by atoms with Gasteiger partial charge in [-0.25, -0.2) is 4.98 Å². The monoisotopic (exact) mass is 453 g/mol. The van der Waals surface area contributed by atoms with Gasteiger partial charge in [0.1, 0.15) is 12.1 Å². The smallest absolute Gasteiger partial charge is 0.150 e. The van der Waals surface area contributed by atoms with E-state index in [1.165, 1.54) is 5.56 Å². The van der Waals surface area contributed by atoms with Gasteiger partial charge in [-0.2, -0.15) is 0 Å². The Morgan fingerprint density at radius 2 is 2.15 bits per heavy atom. The summed E-state index contributed by atoms with van der Waals surface area (Å²) in [5.74, 6) is 1.20. The van der Waals surface area contributed by atoms with E-state index in [0.717, 1.165) is 54.6 Å². The van der Waals surface area contributed by atoms with Crippen LogP contribution in [0, 0.1) is 5.92 Å². The fraction of sp³-hybridized carbons (Fsp3) is 0.321. The lowest BCUT2D eigenvalue weighted by molar-refractivity contribution is 0.0756. The number of nitrogens with one attached hydrogen (secondary N) is 1. The molecule has 5 rings (SSSR count). The summed E-state index contributed by atoms with van der Waals surface area (Å²) >= 11 is 0. The summed E-state index contributed by atoms with van der Waals surface area (Å²) in [5, 5.41) is 0. The molecule has 0 radical (unpaired) electrons. The molecular weight excluding hydrogens is 422 g/mol. The van der Waals surface area contributed by atoms with Gasteiger partial charge in [-0.15, -0.1) is 0 Å². The van der Waals surface area contributed by atoms with Crippen LogP contribution in [0.25, 0.3) is 0 Å². The molecule has 0 spiro atoms. The van der Waals surface area contributed by atoms with Crippen molar-refractivity contribution >= 4 is 6.29 Å². The second-order valence-corrected chi connectivity index (χ2v) is 9.12. The second-order valence-electron chi connectivity index (χ2n) is 9.12. The van der Waals surface area contributed by atoms with Crippen molar-refractivity contribution in [2.24, 2.45) is 11.7 Å². The number of aryl methyl sites for hydroxylation is 1. The molecule has 0 saturated heterocycles. The van der Waals surface area contributed by atoms with Crippen LogP contribution in [-0.4, -0.2) is 26.1 Å². The molecular formula is C28H31N5O. The van der Waals surface area contributed by atoms with Gasteiger partial charge >= 0.3 is 0 Å². The lowest BCUT2D eigenvalue weighted by atomic mass is 9.85. The first-order valence-electron chi connectivity index (χ1n) is 12.1. The minimum Gasteiger partial charge on any atom is -0.347 e. The molecule has 3 unspecified atom stereocenters. The number of aromatic amines is 1. The third-order valence-electron chi connectivity index (χ3n) is 7.07. The summed E-state index contributed by atoms with van der Waals surface area (Å²) in [6, 6.07) is 10.4. The summed E-state index contributed by atoms with van der Waals surface area (Å²) < 4.78 is 0. The molecule has 2 aliphatic rings. The number of nitrogens with two attached hydrogens (primary N) is 1. The molecule has 0 saturated carbocycles. The maximum absolute atomic E-state index is 12.0. The van der Waals surface area contributed by atoms with E-state index in [9.17, 15) is 4.79 Å². The normalized spacial score (nSPS) is 20.3. The summed E-state index contributed by atoms with van der Waals surface area (Å²) in [7, 11) is 0. The Balaban J connectivity index is 1.62. The molecule has 3 atom stereocenters. The van der Waals surface area contributed by atoms with Gasteiger partial charge in [-0.3, -0.25) is 14.7 Å². The zero-order valence-electron chi connectivity index (χ0n) is 19.3. The largest absolute Gasteiger partial charge is 0.347 e. The van der Waals surface area contributed by atoms with Crippen molar-refractivity contribution in [1.29, 1.82) is 0 Å². The maximum atomic E-state index is 12.0. The molecule has 174 valence electrons. The lowest BCUT2D eigenvalue weighted by Crippen LogP contribution is -2.39. The number of rotatable bonds is 8. The van der Waals surface area contributed by atoms with E-state index in [-0.39, 0.29) is 18.0 Å². The molecule has 3 N–H and O–H groups in total. The average molecular weight is 454 g/mol. The first kappa shape index (κ1) is 22.4. The van der Waals surface area contributed by atoms with Gasteiger partial charge in [0.25, 0.3) is 0 Å². The van der Waals surface area contributed by atoms with Crippen LogP contribution in [-0.2, 0) is 19.5 Å². The lowest BCUT2D eigenvalue weighted by Gasteiger charge is -2.42. The zero-order chi connectivity index (χ0) is 23.3. The number of hydrogen-bond acceptors (Lipinski definition) is 5. The zero-order valence-corrected chi connectivity index (χ0v) is 19.3. The Kier molecular flexibility index (Phi) is 6.79. The quantitative estimate of drug-likeness (QED) is 0.477. The summed E-state index contributed by atoms with van der Waals surface area (Å²) in [6.45, 7) is 1.04. The third kappa shape index (κ3) is 4.52. The Morgan fingerprint density at radius 3 is 2.91 bits per heavy atom. The van der Waals surface area contributed by atoms with E-state index in [1.54, 1.807) is 0 Å². The Bertz CT molecular complexity index is 1180. The fourth-order valence-electron chi connectivity index (χ4n) is 5.41. The molecule has 3 aromatic rings. The van der Waals surface area contributed by atoms with Crippen molar-refractivity contribution in [3.8, 4) is 0 Å². The molecule has 0 bridgehead atoms. The molecule has 0 aliphatic heterocycles. The van der Waals surface area contributed by atoms with Crippen molar-refractivity contribution in [3.63, 3.8) is 0 Å². The van der Waals surface area contributed by atoms with E-state index < -0.39 is 0 Å². The van der Waals surface area contributed by atoms with Crippen molar-refractivity contribution < 1.29 is 4.79 Å². The highest BCUT2D eigenvalue weighted by Crippen LogP contribution is 2.43. The molecule has 2 aliphatic carbocycles. The van der Waals surface area contributed by atoms with Gasteiger partial charge in [0, 0.05) is 43.2 Å². The number of carbonyl (C=O) groups excluding carboxylic acids is 1. The summed E-state index contributed by atoms with van der Waals surface area (Å²) in [5.41, 5.74) is 11.0.